The van der Waals surface area contributed by atoms with Crippen LogP contribution in [-0.2, 0) is 11.2 Å². The summed E-state index contributed by atoms with van der Waals surface area (Å²) in [4.78, 5) is 12.1. The average Bonchev–Trinajstić information content (AvgIpc) is 2.42. The fraction of sp³-hybridized carbons (Fsp3) is 0.278. The number of ketones is 1. The van der Waals surface area contributed by atoms with Crippen molar-refractivity contribution >= 4 is 11.5 Å². The summed E-state index contributed by atoms with van der Waals surface area (Å²) in [6.45, 7) is 6.61. The second-order valence-corrected chi connectivity index (χ2v) is 5.31. The summed E-state index contributed by atoms with van der Waals surface area (Å²) in [5, 5.41) is 3.17. The fourth-order valence-electron chi connectivity index (χ4n) is 2.51. The SMILES string of the molecule is Cc1cc(C)c(CC(=O)CNc2ccccc2)c(C)c1. The zero-order valence-electron chi connectivity index (χ0n) is 12.4. The van der Waals surface area contributed by atoms with Crippen LogP contribution in [0.4, 0.5) is 5.69 Å². The summed E-state index contributed by atoms with van der Waals surface area (Å²) in [6.07, 6.45) is 0.498. The minimum Gasteiger partial charge on any atom is -0.378 e. The number of Topliss-reactive ketones (excluding diaryl/α,β-unsaturated/α-hetero) is 1. The molecule has 0 aromatic heterocycles. The van der Waals surface area contributed by atoms with E-state index < -0.39 is 0 Å². The van der Waals surface area contributed by atoms with Crippen molar-refractivity contribution in [2.45, 2.75) is 27.2 Å². The number of anilines is 1. The Labute approximate surface area is 120 Å². The van der Waals surface area contributed by atoms with Crippen molar-refractivity contribution in [1.29, 1.82) is 0 Å². The maximum absolute atomic E-state index is 12.1. The van der Waals surface area contributed by atoms with Gasteiger partial charge in [0.05, 0.1) is 6.54 Å². The maximum atomic E-state index is 12.1. The molecule has 2 heteroatoms. The van der Waals surface area contributed by atoms with E-state index in [-0.39, 0.29) is 5.78 Å². The molecule has 0 aliphatic heterocycles. The third-order valence-electron chi connectivity index (χ3n) is 3.48. The van der Waals surface area contributed by atoms with Crippen molar-refractivity contribution in [2.24, 2.45) is 0 Å². The van der Waals surface area contributed by atoms with Gasteiger partial charge in [-0.15, -0.1) is 0 Å². The van der Waals surface area contributed by atoms with Gasteiger partial charge >= 0.3 is 0 Å². The molecule has 0 saturated heterocycles. The number of para-hydroxylation sites is 1. The van der Waals surface area contributed by atoms with E-state index in [0.717, 1.165) is 11.3 Å². The van der Waals surface area contributed by atoms with E-state index in [2.05, 4.69) is 38.2 Å². The Balaban J connectivity index is 1.98. The van der Waals surface area contributed by atoms with Gasteiger partial charge in [0, 0.05) is 12.1 Å². The summed E-state index contributed by atoms with van der Waals surface area (Å²) < 4.78 is 0. The van der Waals surface area contributed by atoms with Crippen LogP contribution < -0.4 is 5.32 Å². The summed E-state index contributed by atoms with van der Waals surface area (Å²) in [5.41, 5.74) is 5.80. The van der Waals surface area contributed by atoms with Crippen molar-refractivity contribution in [3.63, 3.8) is 0 Å². The number of benzene rings is 2. The lowest BCUT2D eigenvalue weighted by Crippen LogP contribution is -2.17. The van der Waals surface area contributed by atoms with E-state index in [9.17, 15) is 4.79 Å². The van der Waals surface area contributed by atoms with Crippen LogP contribution >= 0.6 is 0 Å². The number of aryl methyl sites for hydroxylation is 3. The predicted octanol–water partition coefficient (Wildman–Crippen LogP) is 3.84. The van der Waals surface area contributed by atoms with E-state index in [4.69, 9.17) is 0 Å². The van der Waals surface area contributed by atoms with Crippen molar-refractivity contribution in [3.05, 3.63) is 64.7 Å². The van der Waals surface area contributed by atoms with Crippen LogP contribution in [0.3, 0.4) is 0 Å². The van der Waals surface area contributed by atoms with E-state index in [1.807, 2.05) is 30.3 Å². The molecule has 0 aliphatic rings. The molecule has 0 saturated carbocycles. The molecule has 0 atom stereocenters. The van der Waals surface area contributed by atoms with Crippen molar-refractivity contribution in [1.82, 2.24) is 0 Å². The van der Waals surface area contributed by atoms with Crippen LogP contribution in [0.15, 0.2) is 42.5 Å². The highest BCUT2D eigenvalue weighted by molar-refractivity contribution is 5.85. The molecular weight excluding hydrogens is 246 g/mol. The monoisotopic (exact) mass is 267 g/mol. The summed E-state index contributed by atoms with van der Waals surface area (Å²) in [7, 11) is 0. The van der Waals surface area contributed by atoms with Gasteiger partial charge in [0.25, 0.3) is 0 Å². The zero-order valence-corrected chi connectivity index (χ0v) is 12.4. The van der Waals surface area contributed by atoms with Crippen LogP contribution in [0.2, 0.25) is 0 Å². The third-order valence-corrected chi connectivity index (χ3v) is 3.48. The van der Waals surface area contributed by atoms with Crippen LogP contribution in [0, 0.1) is 20.8 Å². The lowest BCUT2D eigenvalue weighted by atomic mass is 9.96. The normalized spacial score (nSPS) is 10.3. The minimum atomic E-state index is 0.212. The second-order valence-electron chi connectivity index (χ2n) is 5.31. The van der Waals surface area contributed by atoms with Crippen molar-refractivity contribution in [3.8, 4) is 0 Å². The van der Waals surface area contributed by atoms with Crippen molar-refractivity contribution < 1.29 is 4.79 Å². The lowest BCUT2D eigenvalue weighted by molar-refractivity contribution is -0.116. The number of hydrogen-bond acceptors (Lipinski definition) is 2. The predicted molar refractivity (Wildman–Crippen MR) is 84.3 cm³/mol. The first kappa shape index (κ1) is 14.3. The highest BCUT2D eigenvalue weighted by Gasteiger charge is 2.09. The molecule has 0 fully saturated rings. The van der Waals surface area contributed by atoms with E-state index in [0.29, 0.717) is 13.0 Å². The smallest absolute Gasteiger partial charge is 0.156 e. The molecule has 2 nitrogen and oxygen atoms in total. The molecule has 104 valence electrons. The molecule has 0 radical (unpaired) electrons. The first-order valence-corrected chi connectivity index (χ1v) is 6.93. The number of hydrogen-bond donors (Lipinski definition) is 1. The maximum Gasteiger partial charge on any atom is 0.156 e. The Kier molecular flexibility index (Phi) is 4.57. The van der Waals surface area contributed by atoms with Crippen LogP contribution in [0.1, 0.15) is 22.3 Å². The summed E-state index contributed by atoms with van der Waals surface area (Å²) in [6, 6.07) is 14.1. The zero-order chi connectivity index (χ0) is 14.5. The largest absolute Gasteiger partial charge is 0.378 e. The van der Waals surface area contributed by atoms with Crippen LogP contribution in [0.5, 0.6) is 0 Å². The van der Waals surface area contributed by atoms with Gasteiger partial charge in [0.2, 0.25) is 0 Å². The summed E-state index contributed by atoms with van der Waals surface area (Å²) in [5.74, 6) is 0.212. The molecule has 1 N–H and O–H groups in total. The second kappa shape index (κ2) is 6.38. The van der Waals surface area contributed by atoms with Gasteiger partial charge in [0.15, 0.2) is 5.78 Å². The minimum absolute atomic E-state index is 0.212. The van der Waals surface area contributed by atoms with E-state index in [1.54, 1.807) is 0 Å². The molecule has 2 aromatic carbocycles. The molecule has 0 spiro atoms. The Morgan fingerprint density at radius 1 is 1.00 bits per heavy atom. The molecule has 0 aliphatic carbocycles. The first-order chi connectivity index (χ1) is 9.56. The van der Waals surface area contributed by atoms with E-state index >= 15 is 0 Å². The van der Waals surface area contributed by atoms with Crippen LogP contribution in [-0.4, -0.2) is 12.3 Å². The number of nitrogens with one attached hydrogen (secondary N) is 1. The van der Waals surface area contributed by atoms with Crippen LogP contribution in [0.25, 0.3) is 0 Å². The van der Waals surface area contributed by atoms with Gasteiger partial charge in [0.1, 0.15) is 0 Å². The van der Waals surface area contributed by atoms with Gasteiger partial charge < -0.3 is 5.32 Å². The molecule has 0 heterocycles. The molecule has 2 rings (SSSR count). The quantitative estimate of drug-likeness (QED) is 0.892. The molecule has 20 heavy (non-hydrogen) atoms. The molecule has 0 unspecified atom stereocenters. The Bertz CT molecular complexity index is 579. The van der Waals surface area contributed by atoms with Gasteiger partial charge in [-0.2, -0.15) is 0 Å². The Morgan fingerprint density at radius 3 is 2.20 bits per heavy atom. The highest BCUT2D eigenvalue weighted by Crippen LogP contribution is 2.17. The Hall–Kier alpha value is -2.09. The van der Waals surface area contributed by atoms with Gasteiger partial charge in [-0.1, -0.05) is 35.9 Å². The number of carbonyl (C=O) groups excluding carboxylic acids is 1. The molecule has 2 aromatic rings. The fourth-order valence-corrected chi connectivity index (χ4v) is 2.51. The highest BCUT2D eigenvalue weighted by atomic mass is 16.1. The first-order valence-electron chi connectivity index (χ1n) is 6.93. The standard InChI is InChI=1S/C18H21NO/c1-13-9-14(2)18(15(3)10-13)11-17(20)12-19-16-7-5-4-6-8-16/h4-10,19H,11-12H2,1-3H3. The molecule has 0 bridgehead atoms. The third kappa shape index (κ3) is 3.70. The molecule has 0 amide bonds. The van der Waals surface area contributed by atoms with Gasteiger partial charge in [-0.3, -0.25) is 4.79 Å². The number of rotatable bonds is 5. The summed E-state index contributed by atoms with van der Waals surface area (Å²) >= 11 is 0. The van der Waals surface area contributed by atoms with Gasteiger partial charge in [-0.25, -0.2) is 0 Å². The number of carbonyl (C=O) groups is 1. The van der Waals surface area contributed by atoms with Crippen molar-refractivity contribution in [2.75, 3.05) is 11.9 Å². The average molecular weight is 267 g/mol. The van der Waals surface area contributed by atoms with Gasteiger partial charge in [-0.05, 0) is 49.6 Å². The molecular formula is C18H21NO. The topological polar surface area (TPSA) is 29.1 Å². The Morgan fingerprint density at radius 2 is 1.60 bits per heavy atom. The lowest BCUT2D eigenvalue weighted by Gasteiger charge is -2.11. The van der Waals surface area contributed by atoms with E-state index in [1.165, 1.54) is 16.7 Å².